The molecular formula is C20H26F6N2O4. The van der Waals surface area contributed by atoms with Crippen LogP contribution in [0.3, 0.4) is 0 Å². The normalized spacial score (nSPS) is 18.9. The van der Waals surface area contributed by atoms with Gasteiger partial charge in [0.15, 0.2) is 0 Å². The molecule has 12 heteroatoms. The molecule has 1 aromatic rings. The zero-order valence-electron chi connectivity index (χ0n) is 17.2. The Hall–Kier alpha value is -2.34. The highest BCUT2D eigenvalue weighted by molar-refractivity contribution is 5.73. The summed E-state index contributed by atoms with van der Waals surface area (Å²) in [4.78, 5) is 20.4. The van der Waals surface area contributed by atoms with Crippen molar-refractivity contribution in [3.8, 4) is 0 Å². The lowest BCUT2D eigenvalue weighted by molar-refractivity contribution is -0.193. The first kappa shape index (κ1) is 27.7. The molecule has 1 unspecified atom stereocenters. The number of nitrogens with two attached hydrogens (primary N) is 1. The topological polar surface area (TPSA) is 104 Å². The molecule has 1 atom stereocenters. The van der Waals surface area contributed by atoms with Gasteiger partial charge in [0.25, 0.3) is 0 Å². The standard InChI is InChI=1S/C16H24N2.2C2HF3O2/c17-16-7-6-14-10-13(4-5-15(14)11-16)12-18-8-2-1-3-9-18;2*3-2(4,5)1(6)7/h4-5,10,16H,1-3,6-9,11-12,17H2;2*(H,6,7). The molecular weight excluding hydrogens is 446 g/mol. The van der Waals surface area contributed by atoms with Crippen LogP contribution in [0.25, 0.3) is 0 Å². The molecule has 1 saturated heterocycles. The number of alkyl halides is 6. The molecule has 0 radical (unpaired) electrons. The van der Waals surface area contributed by atoms with E-state index in [-0.39, 0.29) is 0 Å². The summed E-state index contributed by atoms with van der Waals surface area (Å²) < 4.78 is 63.5. The first-order valence-corrected chi connectivity index (χ1v) is 9.89. The molecule has 4 N–H and O–H groups in total. The van der Waals surface area contributed by atoms with Crippen molar-refractivity contribution in [3.63, 3.8) is 0 Å². The molecule has 0 amide bonds. The Kier molecular flexibility index (Phi) is 10.4. The van der Waals surface area contributed by atoms with Gasteiger partial charge in [-0.15, -0.1) is 0 Å². The van der Waals surface area contributed by atoms with Crippen molar-refractivity contribution >= 4 is 11.9 Å². The van der Waals surface area contributed by atoms with Gasteiger partial charge >= 0.3 is 24.3 Å². The molecule has 1 fully saturated rings. The monoisotopic (exact) mass is 472 g/mol. The molecule has 182 valence electrons. The van der Waals surface area contributed by atoms with Gasteiger partial charge in [-0.05, 0) is 61.9 Å². The van der Waals surface area contributed by atoms with Crippen molar-refractivity contribution < 1.29 is 46.1 Å². The fourth-order valence-corrected chi connectivity index (χ4v) is 3.31. The fourth-order valence-electron chi connectivity index (χ4n) is 3.31. The number of hydrogen-bond donors (Lipinski definition) is 3. The molecule has 1 aliphatic carbocycles. The summed E-state index contributed by atoms with van der Waals surface area (Å²) in [5.74, 6) is -5.51. The van der Waals surface area contributed by atoms with Crippen molar-refractivity contribution in [1.82, 2.24) is 4.90 Å². The first-order valence-electron chi connectivity index (χ1n) is 9.89. The summed E-state index contributed by atoms with van der Waals surface area (Å²) >= 11 is 0. The van der Waals surface area contributed by atoms with Crippen LogP contribution in [-0.2, 0) is 29.0 Å². The Morgan fingerprint density at radius 1 is 0.938 bits per heavy atom. The van der Waals surface area contributed by atoms with E-state index in [1.165, 1.54) is 49.9 Å². The molecule has 1 aliphatic heterocycles. The predicted octanol–water partition coefficient (Wildman–Crippen LogP) is 3.76. The van der Waals surface area contributed by atoms with E-state index >= 15 is 0 Å². The van der Waals surface area contributed by atoms with Gasteiger partial charge in [-0.3, -0.25) is 4.90 Å². The number of aryl methyl sites for hydroxylation is 1. The van der Waals surface area contributed by atoms with Crippen LogP contribution in [0.15, 0.2) is 18.2 Å². The number of rotatable bonds is 2. The molecule has 32 heavy (non-hydrogen) atoms. The number of likely N-dealkylation sites (tertiary alicyclic amines) is 1. The quantitative estimate of drug-likeness (QED) is 0.567. The van der Waals surface area contributed by atoms with E-state index in [0.29, 0.717) is 6.04 Å². The van der Waals surface area contributed by atoms with Gasteiger partial charge in [-0.25, -0.2) is 9.59 Å². The minimum Gasteiger partial charge on any atom is -0.475 e. The molecule has 0 saturated carbocycles. The maximum absolute atomic E-state index is 10.6. The molecule has 6 nitrogen and oxygen atoms in total. The summed E-state index contributed by atoms with van der Waals surface area (Å²) in [6.07, 6.45) is -2.61. The number of nitrogens with zero attached hydrogens (tertiary/aromatic N) is 1. The van der Waals surface area contributed by atoms with Crippen LogP contribution >= 0.6 is 0 Å². The van der Waals surface area contributed by atoms with Gasteiger partial charge in [-0.2, -0.15) is 26.3 Å². The van der Waals surface area contributed by atoms with E-state index in [4.69, 9.17) is 25.5 Å². The van der Waals surface area contributed by atoms with E-state index in [1.807, 2.05) is 0 Å². The maximum Gasteiger partial charge on any atom is 0.490 e. The van der Waals surface area contributed by atoms with Crippen LogP contribution in [0, 0.1) is 0 Å². The van der Waals surface area contributed by atoms with E-state index in [9.17, 15) is 26.3 Å². The average molecular weight is 472 g/mol. The Balaban J connectivity index is 0.000000305. The Morgan fingerprint density at radius 3 is 1.91 bits per heavy atom. The van der Waals surface area contributed by atoms with Gasteiger partial charge in [-0.1, -0.05) is 24.6 Å². The van der Waals surface area contributed by atoms with Gasteiger partial charge in [0, 0.05) is 12.6 Å². The van der Waals surface area contributed by atoms with Gasteiger partial charge in [0.05, 0.1) is 0 Å². The second kappa shape index (κ2) is 12.0. The lowest BCUT2D eigenvalue weighted by Gasteiger charge is -2.27. The number of benzene rings is 1. The lowest BCUT2D eigenvalue weighted by Crippen LogP contribution is -2.30. The largest absolute Gasteiger partial charge is 0.490 e. The van der Waals surface area contributed by atoms with E-state index in [1.54, 1.807) is 5.56 Å². The SMILES string of the molecule is NC1CCc2cc(CN3CCCCC3)ccc2C1.O=C(O)C(F)(F)F.O=C(O)C(F)(F)F. The van der Waals surface area contributed by atoms with Crippen LogP contribution in [0.5, 0.6) is 0 Å². The zero-order valence-corrected chi connectivity index (χ0v) is 17.2. The predicted molar refractivity (Wildman–Crippen MR) is 103 cm³/mol. The number of carboxylic acids is 2. The van der Waals surface area contributed by atoms with Crippen molar-refractivity contribution in [2.45, 2.75) is 63.5 Å². The number of piperidine rings is 1. The van der Waals surface area contributed by atoms with Gasteiger partial charge in [0.1, 0.15) is 0 Å². The molecule has 3 rings (SSSR count). The van der Waals surface area contributed by atoms with Crippen LogP contribution in [0.2, 0.25) is 0 Å². The van der Waals surface area contributed by atoms with Gasteiger partial charge < -0.3 is 15.9 Å². The maximum atomic E-state index is 10.6. The summed E-state index contributed by atoms with van der Waals surface area (Å²) in [7, 11) is 0. The smallest absolute Gasteiger partial charge is 0.475 e. The summed E-state index contributed by atoms with van der Waals surface area (Å²) in [5.41, 5.74) is 10.6. The van der Waals surface area contributed by atoms with Crippen LogP contribution < -0.4 is 5.73 Å². The molecule has 1 aromatic carbocycles. The number of carboxylic acid groups (broad SMARTS) is 2. The highest BCUT2D eigenvalue weighted by atomic mass is 19.4. The average Bonchev–Trinajstić information content (AvgIpc) is 2.68. The van der Waals surface area contributed by atoms with E-state index in [0.717, 1.165) is 19.4 Å². The molecule has 0 spiro atoms. The lowest BCUT2D eigenvalue weighted by atomic mass is 9.87. The second-order valence-electron chi connectivity index (χ2n) is 7.55. The number of aliphatic carboxylic acids is 2. The number of carbonyl (C=O) groups is 2. The minimum atomic E-state index is -5.08. The summed E-state index contributed by atoms with van der Waals surface area (Å²) in [6, 6.07) is 7.43. The Bertz CT molecular complexity index is 737. The van der Waals surface area contributed by atoms with E-state index < -0.39 is 24.3 Å². The minimum absolute atomic E-state index is 0.380. The Morgan fingerprint density at radius 2 is 1.44 bits per heavy atom. The van der Waals surface area contributed by atoms with Gasteiger partial charge in [0.2, 0.25) is 0 Å². The number of halogens is 6. The first-order chi connectivity index (χ1) is 14.7. The molecule has 0 aromatic heterocycles. The third kappa shape index (κ3) is 10.3. The van der Waals surface area contributed by atoms with Crippen molar-refractivity contribution in [1.29, 1.82) is 0 Å². The highest BCUT2D eigenvalue weighted by Crippen LogP contribution is 2.23. The zero-order chi connectivity index (χ0) is 24.5. The summed E-state index contributed by atoms with van der Waals surface area (Å²) in [6.45, 7) is 3.70. The number of hydrogen-bond acceptors (Lipinski definition) is 4. The van der Waals surface area contributed by atoms with Crippen LogP contribution in [0.1, 0.15) is 42.4 Å². The molecule has 0 bridgehead atoms. The molecule has 1 heterocycles. The Labute approximate surface area is 181 Å². The van der Waals surface area contributed by atoms with E-state index in [2.05, 4.69) is 23.1 Å². The van der Waals surface area contributed by atoms with Crippen LogP contribution in [-0.4, -0.2) is 58.5 Å². The summed E-state index contributed by atoms with van der Waals surface area (Å²) in [5, 5.41) is 14.2. The fraction of sp³-hybridized carbons (Fsp3) is 0.600. The molecule has 2 aliphatic rings. The van der Waals surface area contributed by atoms with Crippen molar-refractivity contribution in [3.05, 3.63) is 34.9 Å². The highest BCUT2D eigenvalue weighted by Gasteiger charge is 2.38. The van der Waals surface area contributed by atoms with Crippen molar-refractivity contribution in [2.24, 2.45) is 5.73 Å². The van der Waals surface area contributed by atoms with Crippen molar-refractivity contribution in [2.75, 3.05) is 13.1 Å². The van der Waals surface area contributed by atoms with Crippen LogP contribution in [0.4, 0.5) is 26.3 Å². The third-order valence-corrected chi connectivity index (χ3v) is 4.88. The number of fused-ring (bicyclic) bond motifs is 1. The second-order valence-corrected chi connectivity index (χ2v) is 7.55. The third-order valence-electron chi connectivity index (χ3n) is 4.88.